The van der Waals surface area contributed by atoms with Gasteiger partial charge < -0.3 is 5.73 Å². The van der Waals surface area contributed by atoms with Crippen LogP contribution in [0.2, 0.25) is 0 Å². The molecular weight excluding hydrogens is 224 g/mol. The first kappa shape index (κ1) is 13.4. The third-order valence-electron chi connectivity index (χ3n) is 2.94. The smallest absolute Gasteiger partial charge is 0.0726 e. The van der Waals surface area contributed by atoms with Crippen LogP contribution in [0.3, 0.4) is 0 Å². The molecule has 1 atom stereocenters. The Morgan fingerprint density at radius 2 is 2.31 bits per heavy atom. The van der Waals surface area contributed by atoms with Crippen LogP contribution >= 0.6 is 12.4 Å². The summed E-state index contributed by atoms with van der Waals surface area (Å²) in [5, 5.41) is 0. The minimum absolute atomic E-state index is 0. The summed E-state index contributed by atoms with van der Waals surface area (Å²) in [5.41, 5.74) is 6.76. The van der Waals surface area contributed by atoms with Gasteiger partial charge in [0.2, 0.25) is 0 Å². The van der Waals surface area contributed by atoms with Gasteiger partial charge in [0.1, 0.15) is 0 Å². The predicted octanol–water partition coefficient (Wildman–Crippen LogP) is 1.07. The van der Waals surface area contributed by atoms with Crippen LogP contribution in [0.15, 0.2) is 18.6 Å². The molecule has 0 saturated carbocycles. The van der Waals surface area contributed by atoms with E-state index in [1.807, 2.05) is 6.20 Å². The standard InChI is InChI=1S/C11H18N4.ClH/c12-6-10-2-1-5-15(8-10)9-11-7-13-3-4-14-11;/h3-4,7,10H,1-2,5-6,8-9,12H2;1H. The Labute approximate surface area is 103 Å². The molecule has 4 nitrogen and oxygen atoms in total. The molecule has 16 heavy (non-hydrogen) atoms. The van der Waals surface area contributed by atoms with Crippen LogP contribution in [-0.2, 0) is 6.54 Å². The van der Waals surface area contributed by atoms with Gasteiger partial charge >= 0.3 is 0 Å². The maximum atomic E-state index is 5.70. The van der Waals surface area contributed by atoms with Gasteiger partial charge in [-0.25, -0.2) is 0 Å². The molecule has 0 aliphatic carbocycles. The highest BCUT2D eigenvalue weighted by molar-refractivity contribution is 5.85. The number of nitrogens with zero attached hydrogens (tertiary/aromatic N) is 3. The minimum atomic E-state index is 0. The molecule has 2 rings (SSSR count). The van der Waals surface area contributed by atoms with E-state index in [0.717, 1.165) is 31.9 Å². The number of rotatable bonds is 3. The molecule has 1 aliphatic heterocycles. The van der Waals surface area contributed by atoms with Gasteiger partial charge in [-0.15, -0.1) is 12.4 Å². The number of hydrogen-bond acceptors (Lipinski definition) is 4. The van der Waals surface area contributed by atoms with Crippen molar-refractivity contribution in [1.82, 2.24) is 14.9 Å². The summed E-state index contributed by atoms with van der Waals surface area (Å²) in [6.45, 7) is 3.97. The number of likely N-dealkylation sites (tertiary alicyclic amines) is 1. The summed E-state index contributed by atoms with van der Waals surface area (Å²) in [7, 11) is 0. The highest BCUT2D eigenvalue weighted by Gasteiger charge is 2.18. The van der Waals surface area contributed by atoms with Crippen LogP contribution in [0, 0.1) is 5.92 Å². The zero-order valence-corrected chi connectivity index (χ0v) is 10.2. The zero-order valence-electron chi connectivity index (χ0n) is 9.38. The summed E-state index contributed by atoms with van der Waals surface area (Å²) in [5.74, 6) is 0.662. The normalized spacial score (nSPS) is 21.4. The largest absolute Gasteiger partial charge is 0.330 e. The molecular formula is C11H19ClN4. The number of aromatic nitrogens is 2. The Balaban J connectivity index is 0.00000128. The summed E-state index contributed by atoms with van der Waals surface area (Å²) < 4.78 is 0. The third kappa shape index (κ3) is 3.70. The Hall–Kier alpha value is -0.710. The molecule has 0 aromatic carbocycles. The fraction of sp³-hybridized carbons (Fsp3) is 0.636. The second-order valence-corrected chi connectivity index (χ2v) is 4.18. The van der Waals surface area contributed by atoms with Crippen molar-refractivity contribution in [2.45, 2.75) is 19.4 Å². The SMILES string of the molecule is Cl.NCC1CCCN(Cc2cnccn2)C1. The highest BCUT2D eigenvalue weighted by atomic mass is 35.5. The molecule has 90 valence electrons. The maximum Gasteiger partial charge on any atom is 0.0726 e. The van der Waals surface area contributed by atoms with E-state index in [-0.39, 0.29) is 12.4 Å². The maximum absolute atomic E-state index is 5.70. The number of hydrogen-bond donors (Lipinski definition) is 1. The molecule has 0 spiro atoms. The van der Waals surface area contributed by atoms with Gasteiger partial charge in [0.15, 0.2) is 0 Å². The average molecular weight is 243 g/mol. The van der Waals surface area contributed by atoms with Crippen molar-refractivity contribution in [3.05, 3.63) is 24.3 Å². The molecule has 1 unspecified atom stereocenters. The first-order chi connectivity index (χ1) is 7.38. The molecule has 1 aliphatic rings. The molecule has 1 saturated heterocycles. The topological polar surface area (TPSA) is 55.0 Å². The number of nitrogens with two attached hydrogens (primary N) is 1. The van der Waals surface area contributed by atoms with Crippen LogP contribution in [0.1, 0.15) is 18.5 Å². The average Bonchev–Trinajstić information content (AvgIpc) is 2.31. The lowest BCUT2D eigenvalue weighted by molar-refractivity contribution is 0.169. The van der Waals surface area contributed by atoms with E-state index in [0.29, 0.717) is 5.92 Å². The summed E-state index contributed by atoms with van der Waals surface area (Å²) in [4.78, 5) is 10.8. The van der Waals surface area contributed by atoms with Crippen molar-refractivity contribution in [3.8, 4) is 0 Å². The zero-order chi connectivity index (χ0) is 10.5. The van der Waals surface area contributed by atoms with Crippen LogP contribution < -0.4 is 5.73 Å². The van der Waals surface area contributed by atoms with Crippen molar-refractivity contribution >= 4 is 12.4 Å². The van der Waals surface area contributed by atoms with E-state index in [2.05, 4.69) is 14.9 Å². The van der Waals surface area contributed by atoms with E-state index in [1.165, 1.54) is 12.8 Å². The Bertz CT molecular complexity index is 293. The molecule has 1 aromatic heterocycles. The van der Waals surface area contributed by atoms with E-state index >= 15 is 0 Å². The van der Waals surface area contributed by atoms with Crippen LogP contribution in [0.5, 0.6) is 0 Å². The second-order valence-electron chi connectivity index (χ2n) is 4.18. The quantitative estimate of drug-likeness (QED) is 0.862. The fourth-order valence-electron chi connectivity index (χ4n) is 2.13. The predicted molar refractivity (Wildman–Crippen MR) is 66.3 cm³/mol. The van der Waals surface area contributed by atoms with Gasteiger partial charge in [0.05, 0.1) is 5.69 Å². The van der Waals surface area contributed by atoms with E-state index in [4.69, 9.17) is 5.73 Å². The molecule has 0 bridgehead atoms. The lowest BCUT2D eigenvalue weighted by atomic mass is 9.98. The Morgan fingerprint density at radius 3 is 3.00 bits per heavy atom. The summed E-state index contributed by atoms with van der Waals surface area (Å²) in [6.07, 6.45) is 7.82. The summed E-state index contributed by atoms with van der Waals surface area (Å²) >= 11 is 0. The van der Waals surface area contributed by atoms with Crippen molar-refractivity contribution in [2.24, 2.45) is 11.7 Å². The van der Waals surface area contributed by atoms with Crippen LogP contribution in [-0.4, -0.2) is 34.5 Å². The minimum Gasteiger partial charge on any atom is -0.330 e. The van der Waals surface area contributed by atoms with Gasteiger partial charge in [-0.05, 0) is 31.8 Å². The van der Waals surface area contributed by atoms with Crippen LogP contribution in [0.4, 0.5) is 0 Å². The lowest BCUT2D eigenvalue weighted by Crippen LogP contribution is -2.38. The number of piperidine rings is 1. The van der Waals surface area contributed by atoms with Gasteiger partial charge in [-0.3, -0.25) is 14.9 Å². The highest BCUT2D eigenvalue weighted by Crippen LogP contribution is 2.16. The van der Waals surface area contributed by atoms with E-state index < -0.39 is 0 Å². The first-order valence-electron chi connectivity index (χ1n) is 5.56. The number of halogens is 1. The van der Waals surface area contributed by atoms with E-state index in [9.17, 15) is 0 Å². The Kier molecular flexibility index (Phi) is 5.66. The molecule has 2 N–H and O–H groups in total. The van der Waals surface area contributed by atoms with Crippen molar-refractivity contribution in [3.63, 3.8) is 0 Å². The fourth-order valence-corrected chi connectivity index (χ4v) is 2.13. The Morgan fingerprint density at radius 1 is 1.44 bits per heavy atom. The lowest BCUT2D eigenvalue weighted by Gasteiger charge is -2.31. The van der Waals surface area contributed by atoms with Gasteiger partial charge in [0, 0.05) is 31.7 Å². The molecule has 1 fully saturated rings. The van der Waals surface area contributed by atoms with Crippen molar-refractivity contribution < 1.29 is 0 Å². The summed E-state index contributed by atoms with van der Waals surface area (Å²) in [6, 6.07) is 0. The van der Waals surface area contributed by atoms with Gasteiger partial charge in [0.25, 0.3) is 0 Å². The van der Waals surface area contributed by atoms with Crippen molar-refractivity contribution in [2.75, 3.05) is 19.6 Å². The first-order valence-corrected chi connectivity index (χ1v) is 5.56. The monoisotopic (exact) mass is 242 g/mol. The van der Waals surface area contributed by atoms with Gasteiger partial charge in [-0.1, -0.05) is 0 Å². The van der Waals surface area contributed by atoms with Gasteiger partial charge in [-0.2, -0.15) is 0 Å². The van der Waals surface area contributed by atoms with E-state index in [1.54, 1.807) is 12.4 Å². The molecule has 0 radical (unpaired) electrons. The van der Waals surface area contributed by atoms with Crippen LogP contribution in [0.25, 0.3) is 0 Å². The third-order valence-corrected chi connectivity index (χ3v) is 2.94. The van der Waals surface area contributed by atoms with Crippen molar-refractivity contribution in [1.29, 1.82) is 0 Å². The molecule has 0 amide bonds. The second kappa shape index (κ2) is 6.78. The molecule has 2 heterocycles. The molecule has 1 aromatic rings. The molecule has 5 heteroatoms.